The molecule has 0 bridgehead atoms. The molecular weight excluding hydrogens is 381 g/mol. The van der Waals surface area contributed by atoms with Gasteiger partial charge in [0.15, 0.2) is 0 Å². The zero-order chi connectivity index (χ0) is 16.6. The maximum Gasteiger partial charge on any atom is 0.243 e. The fourth-order valence-electron chi connectivity index (χ4n) is 2.08. The molecule has 0 fully saturated rings. The van der Waals surface area contributed by atoms with E-state index in [-0.39, 0.29) is 21.5 Å². The molecule has 2 aromatic heterocycles. The minimum atomic E-state index is -3.85. The Labute approximate surface area is 147 Å². The highest BCUT2D eigenvalue weighted by atomic mass is 35.5. The van der Waals surface area contributed by atoms with E-state index >= 15 is 0 Å². The molecule has 1 N–H and O–H groups in total. The van der Waals surface area contributed by atoms with Crippen LogP contribution in [0.1, 0.15) is 5.69 Å². The number of hydrogen-bond acceptors (Lipinski definition) is 3. The Morgan fingerprint density at radius 3 is 2.43 bits per heavy atom. The van der Waals surface area contributed by atoms with Crippen LogP contribution in [0.25, 0.3) is 5.65 Å². The van der Waals surface area contributed by atoms with Gasteiger partial charge in [0.05, 0.1) is 27.3 Å². The van der Waals surface area contributed by atoms with Crippen LogP contribution in [0.3, 0.4) is 0 Å². The minimum Gasteiger partial charge on any atom is -0.305 e. The third kappa shape index (κ3) is 3.46. The highest BCUT2D eigenvalue weighted by Gasteiger charge is 2.21. The predicted molar refractivity (Wildman–Crippen MR) is 90.7 cm³/mol. The van der Waals surface area contributed by atoms with E-state index in [0.717, 1.165) is 0 Å². The standard InChI is InChI=1S/C14H10Cl3N3O2S/c15-9-4-5-13-19-10(8-20(13)7-9)6-18-23(21,22)14-11(16)2-1-3-12(14)17/h1-5,7-8,18H,6H2. The van der Waals surface area contributed by atoms with E-state index in [1.807, 2.05) is 0 Å². The Hall–Kier alpha value is -1.31. The van der Waals surface area contributed by atoms with E-state index in [4.69, 9.17) is 34.8 Å². The third-order valence-electron chi connectivity index (χ3n) is 3.10. The number of benzene rings is 1. The Morgan fingerprint density at radius 1 is 1.04 bits per heavy atom. The van der Waals surface area contributed by atoms with Crippen LogP contribution in [0.5, 0.6) is 0 Å². The Kier molecular flexibility index (Phi) is 4.53. The molecule has 3 aromatic rings. The molecular formula is C14H10Cl3N3O2S. The first-order chi connectivity index (χ1) is 10.9. The zero-order valence-corrected chi connectivity index (χ0v) is 14.6. The van der Waals surface area contributed by atoms with Crippen molar-refractivity contribution in [3.05, 3.63) is 63.5 Å². The molecule has 0 spiro atoms. The summed E-state index contributed by atoms with van der Waals surface area (Å²) >= 11 is 17.8. The summed E-state index contributed by atoms with van der Waals surface area (Å²) in [6.45, 7) is 0.00316. The highest BCUT2D eigenvalue weighted by Crippen LogP contribution is 2.28. The quantitative estimate of drug-likeness (QED) is 0.737. The molecule has 0 aliphatic carbocycles. The number of fused-ring (bicyclic) bond motifs is 1. The summed E-state index contributed by atoms with van der Waals surface area (Å²) in [5.74, 6) is 0. The summed E-state index contributed by atoms with van der Waals surface area (Å²) in [5, 5.41) is 0.684. The average molecular weight is 391 g/mol. The van der Waals surface area contributed by atoms with Crippen LogP contribution in [0.15, 0.2) is 47.6 Å². The van der Waals surface area contributed by atoms with Gasteiger partial charge in [-0.25, -0.2) is 18.1 Å². The van der Waals surface area contributed by atoms with Gasteiger partial charge in [-0.1, -0.05) is 40.9 Å². The molecule has 0 saturated heterocycles. The van der Waals surface area contributed by atoms with Crippen molar-refractivity contribution in [2.75, 3.05) is 0 Å². The minimum absolute atomic E-state index is 0.00316. The molecule has 0 unspecified atom stereocenters. The molecule has 5 nitrogen and oxygen atoms in total. The number of halogens is 3. The SMILES string of the molecule is O=S(=O)(NCc1cn2cc(Cl)ccc2n1)c1c(Cl)cccc1Cl. The monoisotopic (exact) mass is 389 g/mol. The van der Waals surface area contributed by atoms with Gasteiger partial charge in [-0.05, 0) is 24.3 Å². The second kappa shape index (κ2) is 6.30. The largest absolute Gasteiger partial charge is 0.305 e. The van der Waals surface area contributed by atoms with Gasteiger partial charge in [0.1, 0.15) is 10.5 Å². The molecule has 1 aromatic carbocycles. The van der Waals surface area contributed by atoms with Crippen LogP contribution in [0, 0.1) is 0 Å². The molecule has 23 heavy (non-hydrogen) atoms. The van der Waals surface area contributed by atoms with Gasteiger partial charge in [-0.3, -0.25) is 0 Å². The molecule has 3 rings (SSSR count). The van der Waals surface area contributed by atoms with Crippen molar-refractivity contribution >= 4 is 50.5 Å². The first-order valence-electron chi connectivity index (χ1n) is 6.43. The second-order valence-electron chi connectivity index (χ2n) is 4.72. The number of rotatable bonds is 4. The van der Waals surface area contributed by atoms with E-state index < -0.39 is 10.0 Å². The highest BCUT2D eigenvalue weighted by molar-refractivity contribution is 7.89. The topological polar surface area (TPSA) is 63.5 Å². The number of imidazole rings is 1. The third-order valence-corrected chi connectivity index (χ3v) is 5.68. The predicted octanol–water partition coefficient (Wildman–Crippen LogP) is 3.77. The smallest absolute Gasteiger partial charge is 0.243 e. The number of nitrogens with zero attached hydrogens (tertiary/aromatic N) is 2. The van der Waals surface area contributed by atoms with E-state index in [0.29, 0.717) is 16.4 Å². The van der Waals surface area contributed by atoms with E-state index in [9.17, 15) is 8.42 Å². The lowest BCUT2D eigenvalue weighted by Gasteiger charge is -2.08. The molecule has 9 heteroatoms. The number of nitrogens with one attached hydrogen (secondary N) is 1. The lowest BCUT2D eigenvalue weighted by atomic mass is 10.4. The van der Waals surface area contributed by atoms with Crippen LogP contribution in [-0.2, 0) is 16.6 Å². The summed E-state index contributed by atoms with van der Waals surface area (Å²) < 4.78 is 28.9. The van der Waals surface area contributed by atoms with Crippen LogP contribution < -0.4 is 4.72 Å². The van der Waals surface area contributed by atoms with E-state index in [1.165, 1.54) is 12.1 Å². The summed E-state index contributed by atoms with van der Waals surface area (Å²) in [5.41, 5.74) is 1.21. The van der Waals surface area contributed by atoms with Crippen LogP contribution in [-0.4, -0.2) is 17.8 Å². The fourth-order valence-corrected chi connectivity index (χ4v) is 4.39. The first kappa shape index (κ1) is 16.5. The van der Waals surface area contributed by atoms with Crippen molar-refractivity contribution in [3.63, 3.8) is 0 Å². The second-order valence-corrected chi connectivity index (χ2v) is 7.67. The maximum atomic E-state index is 12.4. The number of hydrogen-bond donors (Lipinski definition) is 1. The summed E-state index contributed by atoms with van der Waals surface area (Å²) in [6, 6.07) is 7.96. The van der Waals surface area contributed by atoms with Crippen molar-refractivity contribution in [2.24, 2.45) is 0 Å². The Morgan fingerprint density at radius 2 is 1.74 bits per heavy atom. The number of aromatic nitrogens is 2. The number of sulfonamides is 1. The Bertz CT molecular complexity index is 966. The van der Waals surface area contributed by atoms with Crippen molar-refractivity contribution < 1.29 is 8.42 Å². The van der Waals surface area contributed by atoms with Crippen molar-refractivity contribution in [1.82, 2.24) is 14.1 Å². The first-order valence-corrected chi connectivity index (χ1v) is 9.05. The van der Waals surface area contributed by atoms with Gasteiger partial charge in [0.2, 0.25) is 10.0 Å². The van der Waals surface area contributed by atoms with E-state index in [2.05, 4.69) is 9.71 Å². The van der Waals surface area contributed by atoms with Gasteiger partial charge in [0.25, 0.3) is 0 Å². The maximum absolute atomic E-state index is 12.4. The normalized spacial score (nSPS) is 12.0. The van der Waals surface area contributed by atoms with Gasteiger partial charge in [-0.2, -0.15) is 0 Å². The van der Waals surface area contributed by atoms with Crippen LogP contribution >= 0.6 is 34.8 Å². The van der Waals surface area contributed by atoms with Crippen molar-refractivity contribution in [2.45, 2.75) is 11.4 Å². The number of pyridine rings is 1. The molecule has 120 valence electrons. The molecule has 2 heterocycles. The van der Waals surface area contributed by atoms with Crippen LogP contribution in [0.2, 0.25) is 15.1 Å². The van der Waals surface area contributed by atoms with Crippen LogP contribution in [0.4, 0.5) is 0 Å². The van der Waals surface area contributed by atoms with Gasteiger partial charge < -0.3 is 4.40 Å². The lowest BCUT2D eigenvalue weighted by Crippen LogP contribution is -2.24. The molecule has 0 aliphatic heterocycles. The average Bonchev–Trinajstić information content (AvgIpc) is 2.87. The van der Waals surface area contributed by atoms with E-state index in [1.54, 1.807) is 35.0 Å². The summed E-state index contributed by atoms with van der Waals surface area (Å²) in [4.78, 5) is 4.16. The van der Waals surface area contributed by atoms with Gasteiger partial charge >= 0.3 is 0 Å². The van der Waals surface area contributed by atoms with Crippen molar-refractivity contribution in [1.29, 1.82) is 0 Å². The van der Waals surface area contributed by atoms with Crippen molar-refractivity contribution in [3.8, 4) is 0 Å². The lowest BCUT2D eigenvalue weighted by molar-refractivity contribution is 0.580. The zero-order valence-electron chi connectivity index (χ0n) is 11.5. The summed E-state index contributed by atoms with van der Waals surface area (Å²) in [6.07, 6.45) is 3.38. The molecule has 0 atom stereocenters. The molecule has 0 saturated carbocycles. The van der Waals surface area contributed by atoms with Gasteiger partial charge in [-0.15, -0.1) is 0 Å². The van der Waals surface area contributed by atoms with Gasteiger partial charge in [0, 0.05) is 12.4 Å². The fraction of sp³-hybridized carbons (Fsp3) is 0.0714. The molecule has 0 aliphatic rings. The Balaban J connectivity index is 1.86. The summed E-state index contributed by atoms with van der Waals surface area (Å²) in [7, 11) is -3.85. The molecule has 0 radical (unpaired) electrons. The molecule has 0 amide bonds.